The van der Waals surface area contributed by atoms with Crippen LogP contribution in [0.5, 0.6) is 0 Å². The van der Waals surface area contributed by atoms with Gasteiger partial charge < -0.3 is 10.3 Å². The van der Waals surface area contributed by atoms with Crippen LogP contribution in [0.4, 0.5) is 10.1 Å². The Balaban J connectivity index is 1.89. The van der Waals surface area contributed by atoms with Crippen molar-refractivity contribution in [3.05, 3.63) is 59.7 Å². The van der Waals surface area contributed by atoms with E-state index in [1.165, 1.54) is 24.5 Å². The van der Waals surface area contributed by atoms with Crippen LogP contribution in [-0.2, 0) is 11.4 Å². The lowest BCUT2D eigenvalue weighted by atomic mass is 9.79. The average Bonchev–Trinajstić information content (AvgIpc) is 3.46. The molecule has 146 valence electrons. The summed E-state index contributed by atoms with van der Waals surface area (Å²) < 4.78 is 25.2. The molecule has 1 aromatic carbocycles. The molecule has 0 amide bonds. The lowest BCUT2D eigenvalue weighted by Crippen LogP contribution is -2.39. The Morgan fingerprint density at radius 1 is 1.22 bits per heavy atom. The van der Waals surface area contributed by atoms with Crippen molar-refractivity contribution in [3.8, 4) is 0 Å². The van der Waals surface area contributed by atoms with Crippen molar-refractivity contribution in [3.63, 3.8) is 0 Å². The van der Waals surface area contributed by atoms with Crippen LogP contribution in [0.25, 0.3) is 0 Å². The summed E-state index contributed by atoms with van der Waals surface area (Å²) in [7, 11) is 0. The Kier molecular flexibility index (Phi) is 6.08. The van der Waals surface area contributed by atoms with Gasteiger partial charge in [0.05, 0.1) is 5.69 Å². The molecule has 6 heteroatoms. The van der Waals surface area contributed by atoms with Crippen molar-refractivity contribution >= 4 is 17.0 Å². The molecule has 1 fully saturated rings. The van der Waals surface area contributed by atoms with Gasteiger partial charge in [0.25, 0.3) is 0 Å². The second-order valence-electron chi connectivity index (χ2n) is 8.20. The fourth-order valence-electron chi connectivity index (χ4n) is 3.85. The molecule has 2 aromatic rings. The maximum atomic E-state index is 13.6. The third-order valence-electron chi connectivity index (χ3n) is 5.64. The number of nitrogens with zero attached hydrogens (tertiary/aromatic N) is 1. The molecule has 1 aliphatic carbocycles. The van der Waals surface area contributed by atoms with Crippen LogP contribution in [0.1, 0.15) is 62.5 Å². The van der Waals surface area contributed by atoms with Gasteiger partial charge in [-0.15, -0.1) is 0 Å². The van der Waals surface area contributed by atoms with Crippen molar-refractivity contribution in [2.45, 2.75) is 56.1 Å². The van der Waals surface area contributed by atoms with Gasteiger partial charge in [0.15, 0.2) is 0 Å². The normalized spacial score (nSPS) is 18.1. The number of rotatable bonds is 8. The summed E-state index contributed by atoms with van der Waals surface area (Å²) in [5, 5.41) is 5.75. The first-order valence-corrected chi connectivity index (χ1v) is 10.6. The zero-order valence-corrected chi connectivity index (χ0v) is 16.7. The lowest BCUT2D eigenvalue weighted by molar-refractivity contribution is 0.424. The number of halogens is 1. The summed E-state index contributed by atoms with van der Waals surface area (Å²) in [5.41, 5.74) is 8.27. The van der Waals surface area contributed by atoms with Gasteiger partial charge in [0, 0.05) is 30.2 Å². The monoisotopic (exact) mass is 389 g/mol. The highest BCUT2D eigenvalue weighted by molar-refractivity contribution is 7.90. The number of hydrogen-bond donors (Lipinski definition) is 2. The maximum absolute atomic E-state index is 13.6. The minimum atomic E-state index is -1.42. The van der Waals surface area contributed by atoms with Gasteiger partial charge in [-0.2, -0.15) is 5.14 Å². The molecule has 0 saturated heterocycles. The van der Waals surface area contributed by atoms with Crippen LogP contribution < -0.4 is 10.9 Å². The standard InChI is InChI=1S/C21H28FN3OS/c1-21(2,27(24)26)13-17(14-7-9-25-10-8-14)11-18(15-3-4-15)16-5-6-19(22)20(23)12-16/h5-10,12,15,17-18H,3-4,11,13,23-24H2,1-2H3. The molecule has 4 nitrogen and oxygen atoms in total. The van der Waals surface area contributed by atoms with Crippen molar-refractivity contribution in [2.75, 3.05) is 5.73 Å². The molecule has 1 aromatic heterocycles. The summed E-state index contributed by atoms with van der Waals surface area (Å²) in [5.74, 6) is 0.699. The zero-order chi connectivity index (χ0) is 19.6. The van der Waals surface area contributed by atoms with Crippen molar-refractivity contribution in [1.82, 2.24) is 4.98 Å². The van der Waals surface area contributed by atoms with Crippen LogP contribution in [0.3, 0.4) is 0 Å². The number of hydrogen-bond acceptors (Lipinski definition) is 4. The molecule has 0 aliphatic heterocycles. The smallest absolute Gasteiger partial charge is 0.146 e. The van der Waals surface area contributed by atoms with Crippen LogP contribution in [0.2, 0.25) is 0 Å². The van der Waals surface area contributed by atoms with Gasteiger partial charge in [0.2, 0.25) is 0 Å². The molecule has 3 atom stereocenters. The summed E-state index contributed by atoms with van der Waals surface area (Å²) in [4.78, 5) is 4.12. The van der Waals surface area contributed by atoms with Crippen molar-refractivity contribution in [2.24, 2.45) is 11.1 Å². The van der Waals surface area contributed by atoms with Gasteiger partial charge in [-0.1, -0.05) is 6.07 Å². The van der Waals surface area contributed by atoms with Crippen LogP contribution in [0.15, 0.2) is 42.7 Å². The Bertz CT molecular complexity index is 765. The maximum Gasteiger partial charge on any atom is 0.146 e. The van der Waals surface area contributed by atoms with Crippen LogP contribution >= 0.6 is 0 Å². The molecule has 0 radical (unpaired) electrons. The minimum absolute atomic E-state index is 0.187. The zero-order valence-electron chi connectivity index (χ0n) is 15.9. The fraction of sp³-hybridized carbons (Fsp3) is 0.476. The number of benzene rings is 1. The van der Waals surface area contributed by atoms with Gasteiger partial charge in [-0.3, -0.25) is 4.98 Å². The highest BCUT2D eigenvalue weighted by Crippen LogP contribution is 2.49. The number of anilines is 1. The van der Waals surface area contributed by atoms with Crippen LogP contribution in [-0.4, -0.2) is 14.3 Å². The highest BCUT2D eigenvalue weighted by Gasteiger charge is 2.38. The van der Waals surface area contributed by atoms with E-state index >= 15 is 0 Å². The summed E-state index contributed by atoms with van der Waals surface area (Å²) >= 11 is -1.42. The predicted octanol–water partition coefficient (Wildman–Crippen LogP) is 4.26. The number of nitrogens with two attached hydrogens (primary N) is 2. The Morgan fingerprint density at radius 2 is 1.89 bits per heavy atom. The molecule has 1 heterocycles. The van der Waals surface area contributed by atoms with E-state index in [4.69, 9.17) is 10.9 Å². The van der Waals surface area contributed by atoms with E-state index in [0.29, 0.717) is 18.3 Å². The first-order chi connectivity index (χ1) is 12.8. The van der Waals surface area contributed by atoms with Gasteiger partial charge >= 0.3 is 0 Å². The molecule has 1 aliphatic rings. The first kappa shape index (κ1) is 20.1. The number of pyridine rings is 1. The molecule has 3 unspecified atom stereocenters. The Labute approximate surface area is 163 Å². The average molecular weight is 390 g/mol. The third kappa shape index (κ3) is 5.00. The number of aromatic nitrogens is 1. The summed E-state index contributed by atoms with van der Waals surface area (Å²) in [6, 6.07) is 9.12. The summed E-state index contributed by atoms with van der Waals surface area (Å²) in [6.45, 7) is 3.89. The van der Waals surface area contributed by atoms with E-state index in [-0.39, 0.29) is 17.4 Å². The SMILES string of the molecule is CC(C)(CC(CC(c1ccc(F)c(N)c1)C1CC1)c1ccncc1)[S+](N)[O-]. The quantitative estimate of drug-likeness (QED) is 0.521. The van der Waals surface area contributed by atoms with Crippen LogP contribution in [0, 0.1) is 11.7 Å². The second-order valence-corrected chi connectivity index (χ2v) is 9.90. The molecule has 4 N–H and O–H groups in total. The van der Waals surface area contributed by atoms with Crippen molar-refractivity contribution < 1.29 is 8.94 Å². The molecular formula is C21H28FN3OS. The molecule has 1 saturated carbocycles. The largest absolute Gasteiger partial charge is 0.598 e. The van der Waals surface area contributed by atoms with Crippen molar-refractivity contribution in [1.29, 1.82) is 0 Å². The molecular weight excluding hydrogens is 361 g/mol. The van der Waals surface area contributed by atoms with Gasteiger partial charge in [-0.05, 0) is 86.3 Å². The molecule has 3 rings (SSSR count). The topological polar surface area (TPSA) is 88.0 Å². The van der Waals surface area contributed by atoms with Gasteiger partial charge in [-0.25, -0.2) is 4.39 Å². The summed E-state index contributed by atoms with van der Waals surface area (Å²) in [6.07, 6.45) is 7.53. The first-order valence-electron chi connectivity index (χ1n) is 9.39. The lowest BCUT2D eigenvalue weighted by Gasteiger charge is -2.31. The number of nitrogen functional groups attached to an aromatic ring is 1. The Hall–Kier alpha value is -1.63. The molecule has 27 heavy (non-hydrogen) atoms. The molecule has 0 bridgehead atoms. The van der Waals surface area contributed by atoms with Gasteiger partial charge in [0.1, 0.15) is 10.6 Å². The van der Waals surface area contributed by atoms with E-state index in [1.807, 2.05) is 32.0 Å². The minimum Gasteiger partial charge on any atom is -0.598 e. The highest BCUT2D eigenvalue weighted by atomic mass is 32.2. The van der Waals surface area contributed by atoms with E-state index in [0.717, 1.165) is 12.0 Å². The van der Waals surface area contributed by atoms with E-state index in [1.54, 1.807) is 18.5 Å². The second kappa shape index (κ2) is 8.17. The third-order valence-corrected chi connectivity index (χ3v) is 6.89. The van der Waals surface area contributed by atoms with E-state index < -0.39 is 16.1 Å². The molecule has 0 spiro atoms. The van der Waals surface area contributed by atoms with E-state index in [9.17, 15) is 8.94 Å². The fourth-order valence-corrected chi connectivity index (χ4v) is 4.21. The Morgan fingerprint density at radius 3 is 2.44 bits per heavy atom. The predicted molar refractivity (Wildman–Crippen MR) is 109 cm³/mol. The van der Waals surface area contributed by atoms with E-state index in [2.05, 4.69) is 4.98 Å².